The molecule has 0 aliphatic carbocycles. The van der Waals surface area contributed by atoms with Crippen molar-refractivity contribution >= 4 is 10.0 Å². The maximum atomic E-state index is 11.8. The van der Waals surface area contributed by atoms with Crippen LogP contribution in [0.3, 0.4) is 0 Å². The van der Waals surface area contributed by atoms with Gasteiger partial charge in [-0.15, -0.1) is 6.58 Å². The normalized spacial score (nSPS) is 13.2. The molecule has 0 saturated heterocycles. The van der Waals surface area contributed by atoms with Crippen LogP contribution in [0, 0.1) is 0 Å². The van der Waals surface area contributed by atoms with Crippen molar-refractivity contribution in [2.75, 3.05) is 12.4 Å². The molecule has 100 valence electrons. The van der Waals surface area contributed by atoms with E-state index in [-0.39, 0.29) is 18.4 Å². The summed E-state index contributed by atoms with van der Waals surface area (Å²) in [6.45, 7) is 3.44. The molecule has 0 aliphatic rings. The Morgan fingerprint density at radius 2 is 2.00 bits per heavy atom. The fourth-order valence-corrected chi connectivity index (χ4v) is 2.90. The van der Waals surface area contributed by atoms with E-state index >= 15 is 0 Å². The maximum absolute atomic E-state index is 11.8. The lowest BCUT2D eigenvalue weighted by Crippen LogP contribution is -2.31. The van der Waals surface area contributed by atoms with Crippen molar-refractivity contribution in [3.8, 4) is 0 Å². The average Bonchev–Trinajstić information content (AvgIpc) is 2.37. The molecule has 0 bridgehead atoms. The molecule has 5 heteroatoms. The van der Waals surface area contributed by atoms with Gasteiger partial charge in [0.05, 0.1) is 5.75 Å². The third-order valence-electron chi connectivity index (χ3n) is 2.53. The fourth-order valence-electron chi connectivity index (χ4n) is 1.62. The van der Waals surface area contributed by atoms with Crippen molar-refractivity contribution in [1.82, 2.24) is 4.72 Å². The second-order valence-electron chi connectivity index (χ2n) is 3.99. The molecule has 0 amide bonds. The standard InChI is InChI=1S/C13H19NO3S/c1-2-3-11-18(16,17)14-13(9-10-15)12-7-5-4-6-8-12/h2,4-8,13-15H,1,3,9-11H2/t13-/m1/s1. The zero-order valence-corrected chi connectivity index (χ0v) is 11.1. The molecule has 2 N–H and O–H groups in total. The second-order valence-corrected chi connectivity index (χ2v) is 5.86. The number of hydrogen-bond donors (Lipinski definition) is 2. The predicted molar refractivity (Wildman–Crippen MR) is 72.6 cm³/mol. The summed E-state index contributed by atoms with van der Waals surface area (Å²) in [6, 6.07) is 8.86. The number of rotatable bonds is 8. The van der Waals surface area contributed by atoms with E-state index in [1.807, 2.05) is 30.3 Å². The van der Waals surface area contributed by atoms with E-state index in [2.05, 4.69) is 11.3 Å². The van der Waals surface area contributed by atoms with Crippen LogP contribution in [-0.2, 0) is 10.0 Å². The van der Waals surface area contributed by atoms with Crippen LogP contribution in [0.5, 0.6) is 0 Å². The van der Waals surface area contributed by atoms with E-state index in [0.29, 0.717) is 12.8 Å². The highest BCUT2D eigenvalue weighted by atomic mass is 32.2. The van der Waals surface area contributed by atoms with E-state index in [1.54, 1.807) is 6.08 Å². The number of nitrogens with one attached hydrogen (secondary N) is 1. The Bertz CT molecular complexity index is 456. The van der Waals surface area contributed by atoms with E-state index in [1.165, 1.54) is 0 Å². The molecule has 18 heavy (non-hydrogen) atoms. The van der Waals surface area contributed by atoms with Gasteiger partial charge in [-0.1, -0.05) is 36.4 Å². The summed E-state index contributed by atoms with van der Waals surface area (Å²) in [5.74, 6) is 0.0191. The summed E-state index contributed by atoms with van der Waals surface area (Å²) < 4.78 is 26.2. The summed E-state index contributed by atoms with van der Waals surface area (Å²) in [4.78, 5) is 0. The van der Waals surface area contributed by atoms with Crippen molar-refractivity contribution in [2.45, 2.75) is 18.9 Å². The van der Waals surface area contributed by atoms with Crippen molar-refractivity contribution in [3.05, 3.63) is 48.6 Å². The van der Waals surface area contributed by atoms with Gasteiger partial charge in [0.1, 0.15) is 0 Å². The third kappa shape index (κ3) is 5.00. The lowest BCUT2D eigenvalue weighted by Gasteiger charge is -2.18. The first kappa shape index (κ1) is 14.9. The zero-order chi connectivity index (χ0) is 13.4. The molecule has 1 aromatic rings. The summed E-state index contributed by atoms with van der Waals surface area (Å²) in [6.07, 6.45) is 2.34. The van der Waals surface area contributed by atoms with Crippen molar-refractivity contribution in [3.63, 3.8) is 0 Å². The molecule has 0 heterocycles. The predicted octanol–water partition coefficient (Wildman–Crippen LogP) is 1.61. The molecule has 0 aliphatic heterocycles. The van der Waals surface area contributed by atoms with Gasteiger partial charge >= 0.3 is 0 Å². The number of aliphatic hydroxyl groups excluding tert-OH is 1. The number of allylic oxidation sites excluding steroid dienone is 1. The topological polar surface area (TPSA) is 66.4 Å². The van der Waals surface area contributed by atoms with Crippen LogP contribution in [-0.4, -0.2) is 25.9 Å². The van der Waals surface area contributed by atoms with Gasteiger partial charge < -0.3 is 5.11 Å². The summed E-state index contributed by atoms with van der Waals surface area (Å²) in [7, 11) is -3.35. The van der Waals surface area contributed by atoms with Crippen LogP contribution in [0.15, 0.2) is 43.0 Å². The number of benzene rings is 1. The summed E-state index contributed by atoms with van der Waals surface area (Å²) >= 11 is 0. The molecule has 1 atom stereocenters. The molecule has 0 saturated carbocycles. The Morgan fingerprint density at radius 1 is 1.33 bits per heavy atom. The third-order valence-corrected chi connectivity index (χ3v) is 3.95. The van der Waals surface area contributed by atoms with E-state index in [4.69, 9.17) is 5.11 Å². The Kier molecular flexibility index (Phi) is 6.04. The van der Waals surface area contributed by atoms with Gasteiger partial charge in [0.15, 0.2) is 0 Å². The Morgan fingerprint density at radius 3 is 2.56 bits per heavy atom. The van der Waals surface area contributed by atoms with Crippen molar-refractivity contribution in [1.29, 1.82) is 0 Å². The van der Waals surface area contributed by atoms with Crippen molar-refractivity contribution in [2.24, 2.45) is 0 Å². The van der Waals surface area contributed by atoms with Gasteiger partial charge in [-0.05, 0) is 18.4 Å². The van der Waals surface area contributed by atoms with Crippen LogP contribution in [0.2, 0.25) is 0 Å². The Labute approximate surface area is 108 Å². The van der Waals surface area contributed by atoms with E-state index < -0.39 is 10.0 Å². The fraction of sp³-hybridized carbons (Fsp3) is 0.385. The van der Waals surface area contributed by atoms with Gasteiger partial charge in [0.25, 0.3) is 0 Å². The first-order chi connectivity index (χ1) is 8.59. The van der Waals surface area contributed by atoms with E-state index in [0.717, 1.165) is 5.56 Å². The number of hydrogen-bond acceptors (Lipinski definition) is 3. The molecule has 4 nitrogen and oxygen atoms in total. The first-order valence-electron chi connectivity index (χ1n) is 5.86. The summed E-state index contributed by atoms with van der Waals surface area (Å²) in [5.41, 5.74) is 0.855. The smallest absolute Gasteiger partial charge is 0.212 e. The van der Waals surface area contributed by atoms with Crippen LogP contribution < -0.4 is 4.72 Å². The van der Waals surface area contributed by atoms with Crippen LogP contribution in [0.25, 0.3) is 0 Å². The molecule has 0 radical (unpaired) electrons. The number of sulfonamides is 1. The molecule has 1 rings (SSSR count). The average molecular weight is 269 g/mol. The summed E-state index contributed by atoms with van der Waals surface area (Å²) in [5, 5.41) is 9.02. The zero-order valence-electron chi connectivity index (χ0n) is 10.2. The lowest BCUT2D eigenvalue weighted by molar-refractivity contribution is 0.272. The minimum Gasteiger partial charge on any atom is -0.396 e. The Balaban J connectivity index is 2.78. The van der Waals surface area contributed by atoms with Gasteiger partial charge in [-0.3, -0.25) is 0 Å². The molecule has 0 unspecified atom stereocenters. The molecule has 1 aromatic carbocycles. The van der Waals surface area contributed by atoms with Gasteiger partial charge in [-0.2, -0.15) is 0 Å². The molecule has 0 spiro atoms. The SMILES string of the molecule is C=CCCS(=O)(=O)N[C@H](CCO)c1ccccc1. The van der Waals surface area contributed by atoms with Crippen LogP contribution in [0.1, 0.15) is 24.4 Å². The highest BCUT2D eigenvalue weighted by Gasteiger charge is 2.18. The van der Waals surface area contributed by atoms with Gasteiger partial charge in [0.2, 0.25) is 10.0 Å². The largest absolute Gasteiger partial charge is 0.396 e. The molecular weight excluding hydrogens is 250 g/mol. The quantitative estimate of drug-likeness (QED) is 0.705. The lowest BCUT2D eigenvalue weighted by atomic mass is 10.1. The molecular formula is C13H19NO3S. The van der Waals surface area contributed by atoms with Crippen molar-refractivity contribution < 1.29 is 13.5 Å². The monoisotopic (exact) mass is 269 g/mol. The van der Waals surface area contributed by atoms with Crippen LogP contribution in [0.4, 0.5) is 0 Å². The first-order valence-corrected chi connectivity index (χ1v) is 7.51. The van der Waals surface area contributed by atoms with Crippen LogP contribution >= 0.6 is 0 Å². The molecule has 0 aromatic heterocycles. The maximum Gasteiger partial charge on any atom is 0.212 e. The molecule has 0 fully saturated rings. The Hall–Kier alpha value is -1.17. The number of aliphatic hydroxyl groups is 1. The highest BCUT2D eigenvalue weighted by Crippen LogP contribution is 2.17. The van der Waals surface area contributed by atoms with Gasteiger partial charge in [-0.25, -0.2) is 13.1 Å². The van der Waals surface area contributed by atoms with Gasteiger partial charge in [0, 0.05) is 12.6 Å². The highest BCUT2D eigenvalue weighted by molar-refractivity contribution is 7.89. The minimum absolute atomic E-state index is 0.0191. The second kappa shape index (κ2) is 7.31. The van der Waals surface area contributed by atoms with E-state index in [9.17, 15) is 8.42 Å². The minimum atomic E-state index is -3.35.